The van der Waals surface area contributed by atoms with Gasteiger partial charge in [0.25, 0.3) is 5.91 Å². The predicted octanol–water partition coefficient (Wildman–Crippen LogP) is 3.37. The van der Waals surface area contributed by atoms with Crippen LogP contribution in [0.15, 0.2) is 30.3 Å². The van der Waals surface area contributed by atoms with Crippen molar-refractivity contribution in [2.24, 2.45) is 5.92 Å². The molecule has 1 aromatic carbocycles. The van der Waals surface area contributed by atoms with Crippen molar-refractivity contribution in [3.63, 3.8) is 0 Å². The van der Waals surface area contributed by atoms with Gasteiger partial charge in [0, 0.05) is 18.8 Å². The Morgan fingerprint density at radius 1 is 1.30 bits per heavy atom. The topological polar surface area (TPSA) is 65.4 Å². The Labute approximate surface area is 161 Å². The molecule has 0 radical (unpaired) electrons. The van der Waals surface area contributed by atoms with Gasteiger partial charge in [-0.3, -0.25) is 9.48 Å². The Morgan fingerprint density at radius 2 is 2.07 bits per heavy atom. The second-order valence-corrected chi connectivity index (χ2v) is 6.72. The van der Waals surface area contributed by atoms with Crippen LogP contribution < -0.4 is 14.8 Å². The van der Waals surface area contributed by atoms with Gasteiger partial charge >= 0.3 is 0 Å². The number of carbonyl (C=O) groups excluding carboxylic acids is 1. The zero-order valence-corrected chi connectivity index (χ0v) is 16.8. The van der Waals surface area contributed by atoms with Crippen molar-refractivity contribution in [2.45, 2.75) is 34.2 Å². The molecular formula is C21H29N3O3. The average Bonchev–Trinajstić information content (AvgIpc) is 2.95. The van der Waals surface area contributed by atoms with Crippen LogP contribution in [0.5, 0.6) is 11.5 Å². The Balaban J connectivity index is 1.81. The summed E-state index contributed by atoms with van der Waals surface area (Å²) in [6.45, 7) is 9.34. The number of hydrogen-bond donors (Lipinski definition) is 1. The summed E-state index contributed by atoms with van der Waals surface area (Å²) >= 11 is 0. The third-order valence-corrected chi connectivity index (χ3v) is 4.14. The Hall–Kier alpha value is -2.76. The maximum atomic E-state index is 12.1. The minimum Gasteiger partial charge on any atom is -0.493 e. The molecule has 2 aromatic rings. The molecule has 146 valence electrons. The molecule has 1 heterocycles. The van der Waals surface area contributed by atoms with Crippen molar-refractivity contribution in [2.75, 3.05) is 20.3 Å². The van der Waals surface area contributed by atoms with Gasteiger partial charge in [0.2, 0.25) is 0 Å². The first-order valence-electron chi connectivity index (χ1n) is 9.14. The highest BCUT2D eigenvalue weighted by Gasteiger charge is 2.11. The summed E-state index contributed by atoms with van der Waals surface area (Å²) in [5.41, 5.74) is 3.15. The van der Waals surface area contributed by atoms with Crippen LogP contribution in [0, 0.1) is 19.8 Å². The highest BCUT2D eigenvalue weighted by Crippen LogP contribution is 2.28. The first kappa shape index (κ1) is 20.6. The van der Waals surface area contributed by atoms with E-state index in [-0.39, 0.29) is 18.4 Å². The molecule has 1 N–H and O–H groups in total. The summed E-state index contributed by atoms with van der Waals surface area (Å²) in [5, 5.41) is 7.36. The SMILES string of the molecule is CC=Cc1ccc(OCC(=O)NCC(C)Cn2nc(C)cc2C)c(OC)c1. The number of aryl methyl sites for hydroxylation is 2. The fourth-order valence-corrected chi connectivity index (χ4v) is 2.80. The van der Waals surface area contributed by atoms with Gasteiger partial charge in [-0.1, -0.05) is 25.1 Å². The van der Waals surface area contributed by atoms with Gasteiger partial charge in [-0.25, -0.2) is 0 Å². The molecule has 0 fully saturated rings. The second-order valence-electron chi connectivity index (χ2n) is 6.72. The Bertz CT molecular complexity index is 796. The van der Waals surface area contributed by atoms with E-state index >= 15 is 0 Å². The molecule has 6 nitrogen and oxygen atoms in total. The van der Waals surface area contributed by atoms with Crippen LogP contribution in [-0.4, -0.2) is 35.9 Å². The summed E-state index contributed by atoms with van der Waals surface area (Å²) in [6, 6.07) is 7.66. The quantitative estimate of drug-likeness (QED) is 0.734. The molecular weight excluding hydrogens is 342 g/mol. The second kappa shape index (κ2) is 9.80. The van der Waals surface area contributed by atoms with Gasteiger partial charge in [-0.15, -0.1) is 0 Å². The predicted molar refractivity (Wildman–Crippen MR) is 107 cm³/mol. The van der Waals surface area contributed by atoms with Crippen LogP contribution in [0.1, 0.15) is 30.8 Å². The van der Waals surface area contributed by atoms with Gasteiger partial charge in [0.15, 0.2) is 18.1 Å². The van der Waals surface area contributed by atoms with Crippen molar-refractivity contribution in [1.82, 2.24) is 15.1 Å². The van der Waals surface area contributed by atoms with E-state index in [0.717, 1.165) is 23.5 Å². The highest BCUT2D eigenvalue weighted by atomic mass is 16.5. The van der Waals surface area contributed by atoms with E-state index in [1.165, 1.54) is 0 Å². The van der Waals surface area contributed by atoms with Crippen LogP contribution in [0.25, 0.3) is 6.08 Å². The standard InChI is InChI=1S/C21H29N3O3/c1-6-7-18-8-9-19(20(11-18)26-5)27-14-21(25)22-12-15(2)13-24-17(4)10-16(3)23-24/h6-11,15H,12-14H2,1-5H3,(H,22,25). The molecule has 0 saturated carbocycles. The largest absolute Gasteiger partial charge is 0.493 e. The number of nitrogens with zero attached hydrogens (tertiary/aromatic N) is 2. The van der Waals surface area contributed by atoms with Crippen molar-refractivity contribution < 1.29 is 14.3 Å². The highest BCUT2D eigenvalue weighted by molar-refractivity contribution is 5.77. The number of benzene rings is 1. The number of ether oxygens (including phenoxy) is 2. The molecule has 0 spiro atoms. The van der Waals surface area contributed by atoms with Crippen LogP contribution in [0.3, 0.4) is 0 Å². The molecule has 0 aliphatic carbocycles. The van der Waals surface area contributed by atoms with Crippen molar-refractivity contribution in [3.8, 4) is 11.5 Å². The number of amides is 1. The lowest BCUT2D eigenvalue weighted by Crippen LogP contribution is -2.33. The summed E-state index contributed by atoms with van der Waals surface area (Å²) in [7, 11) is 1.59. The maximum absolute atomic E-state index is 12.1. The molecule has 0 bridgehead atoms. The molecule has 0 saturated heterocycles. The molecule has 1 amide bonds. The molecule has 27 heavy (non-hydrogen) atoms. The van der Waals surface area contributed by atoms with E-state index < -0.39 is 0 Å². The zero-order valence-electron chi connectivity index (χ0n) is 16.8. The first-order valence-corrected chi connectivity index (χ1v) is 9.14. The minimum atomic E-state index is -0.158. The molecule has 1 atom stereocenters. The van der Waals surface area contributed by atoms with E-state index in [4.69, 9.17) is 9.47 Å². The van der Waals surface area contributed by atoms with Crippen LogP contribution >= 0.6 is 0 Å². The fraction of sp³-hybridized carbons (Fsp3) is 0.429. The molecule has 6 heteroatoms. The third kappa shape index (κ3) is 6.16. The van der Waals surface area contributed by atoms with Crippen molar-refractivity contribution in [1.29, 1.82) is 0 Å². The lowest BCUT2D eigenvalue weighted by Gasteiger charge is -2.15. The van der Waals surface area contributed by atoms with Crippen LogP contribution in [0.4, 0.5) is 0 Å². The summed E-state index contributed by atoms with van der Waals surface area (Å²) in [4.78, 5) is 12.1. The fourth-order valence-electron chi connectivity index (χ4n) is 2.80. The van der Waals surface area contributed by atoms with E-state index in [0.29, 0.717) is 18.0 Å². The number of nitrogens with one attached hydrogen (secondary N) is 1. The van der Waals surface area contributed by atoms with Gasteiger partial charge < -0.3 is 14.8 Å². The zero-order chi connectivity index (χ0) is 19.8. The van der Waals surface area contributed by atoms with Crippen LogP contribution in [0.2, 0.25) is 0 Å². The Kier molecular flexibility index (Phi) is 7.46. The number of aromatic nitrogens is 2. The normalized spacial score (nSPS) is 12.2. The van der Waals surface area contributed by atoms with Crippen LogP contribution in [-0.2, 0) is 11.3 Å². The van der Waals surface area contributed by atoms with E-state index in [1.807, 2.05) is 61.9 Å². The van der Waals surface area contributed by atoms with Gasteiger partial charge in [0.05, 0.1) is 12.8 Å². The van der Waals surface area contributed by atoms with Gasteiger partial charge in [0.1, 0.15) is 0 Å². The molecule has 1 unspecified atom stereocenters. The maximum Gasteiger partial charge on any atom is 0.257 e. The molecule has 0 aliphatic heterocycles. The first-order chi connectivity index (χ1) is 12.9. The average molecular weight is 371 g/mol. The van der Waals surface area contributed by atoms with E-state index in [9.17, 15) is 4.79 Å². The molecule has 2 rings (SSSR count). The summed E-state index contributed by atoms with van der Waals surface area (Å²) in [6.07, 6.45) is 3.93. The van der Waals surface area contributed by atoms with Crippen molar-refractivity contribution >= 4 is 12.0 Å². The van der Waals surface area contributed by atoms with Crippen molar-refractivity contribution in [3.05, 3.63) is 47.3 Å². The molecule has 1 aromatic heterocycles. The lowest BCUT2D eigenvalue weighted by molar-refractivity contribution is -0.123. The minimum absolute atomic E-state index is 0.0497. The number of allylic oxidation sites excluding steroid dienone is 1. The number of hydrogen-bond acceptors (Lipinski definition) is 4. The smallest absolute Gasteiger partial charge is 0.257 e. The Morgan fingerprint density at radius 3 is 2.70 bits per heavy atom. The van der Waals surface area contributed by atoms with Gasteiger partial charge in [-0.2, -0.15) is 5.10 Å². The lowest BCUT2D eigenvalue weighted by atomic mass is 10.2. The van der Waals surface area contributed by atoms with E-state index in [2.05, 4.69) is 17.3 Å². The molecule has 0 aliphatic rings. The summed E-state index contributed by atoms with van der Waals surface area (Å²) in [5.74, 6) is 1.27. The monoisotopic (exact) mass is 371 g/mol. The summed E-state index contributed by atoms with van der Waals surface area (Å²) < 4.78 is 12.9. The number of carbonyl (C=O) groups is 1. The van der Waals surface area contributed by atoms with E-state index in [1.54, 1.807) is 7.11 Å². The number of methoxy groups -OCH3 is 1. The third-order valence-electron chi connectivity index (χ3n) is 4.14. The number of rotatable bonds is 9. The van der Waals surface area contributed by atoms with Gasteiger partial charge in [-0.05, 0) is 50.5 Å².